The molecule has 1 aromatic heterocycles. The van der Waals surface area contributed by atoms with Gasteiger partial charge in [0.25, 0.3) is 5.91 Å². The van der Waals surface area contributed by atoms with E-state index in [1.807, 2.05) is 13.8 Å². The molecule has 1 atom stereocenters. The number of carbonyl (C=O) groups excluding carboxylic acids is 2. The maximum Gasteiger partial charge on any atom is 0.344 e. The fraction of sp³-hybridized carbons (Fsp3) is 0.353. The van der Waals surface area contributed by atoms with E-state index in [0.717, 1.165) is 0 Å². The first-order valence-electron chi connectivity index (χ1n) is 7.63. The fourth-order valence-electron chi connectivity index (χ4n) is 2.13. The number of nitrogens with one attached hydrogen (secondary N) is 1. The first kappa shape index (κ1) is 19.1. The Hall–Kier alpha value is -2.22. The van der Waals surface area contributed by atoms with Crippen LogP contribution >= 0.6 is 15.9 Å². The zero-order valence-corrected chi connectivity index (χ0v) is 15.8. The predicted molar refractivity (Wildman–Crippen MR) is 92.9 cm³/mol. The lowest BCUT2D eigenvalue weighted by Crippen LogP contribution is -2.30. The lowest BCUT2D eigenvalue weighted by molar-refractivity contribution is -0.123. The van der Waals surface area contributed by atoms with Crippen molar-refractivity contribution in [2.45, 2.75) is 39.7 Å². The lowest BCUT2D eigenvalue weighted by Gasteiger charge is -2.14. The molecular weight excluding hydrogens is 395 g/mol. The Morgan fingerprint density at radius 1 is 1.32 bits per heavy atom. The number of benzene rings is 1. The van der Waals surface area contributed by atoms with E-state index >= 15 is 0 Å². The second-order valence-electron chi connectivity index (χ2n) is 5.82. The normalized spacial score (nSPS) is 12.1. The number of hydrogen-bond acceptors (Lipinski definition) is 5. The number of hydrogen-bond donors (Lipinski definition) is 1. The standard InChI is InChI=1S/C17H18BrFN2O4/c1-8(2)15-14(9(3)21-25-15)17(23)24-10(4)16(22)20-13-6-5-11(18)7-12(13)19/h5-8,10H,1-4H3,(H,20,22)/t10-/m1/s1. The van der Waals surface area contributed by atoms with Gasteiger partial charge < -0.3 is 14.6 Å². The summed E-state index contributed by atoms with van der Waals surface area (Å²) < 4.78 is 24.6. The molecule has 25 heavy (non-hydrogen) atoms. The molecule has 1 heterocycles. The van der Waals surface area contributed by atoms with Crippen molar-refractivity contribution in [1.82, 2.24) is 5.16 Å². The highest BCUT2D eigenvalue weighted by atomic mass is 79.9. The number of amides is 1. The van der Waals surface area contributed by atoms with Crippen LogP contribution in [0.3, 0.4) is 0 Å². The van der Waals surface area contributed by atoms with E-state index in [9.17, 15) is 14.0 Å². The van der Waals surface area contributed by atoms with Gasteiger partial charge in [0, 0.05) is 10.4 Å². The third-order valence-electron chi connectivity index (χ3n) is 3.46. The van der Waals surface area contributed by atoms with Crippen molar-refractivity contribution in [3.05, 3.63) is 45.5 Å². The van der Waals surface area contributed by atoms with E-state index in [-0.39, 0.29) is 17.2 Å². The summed E-state index contributed by atoms with van der Waals surface area (Å²) in [6.07, 6.45) is -1.12. The van der Waals surface area contributed by atoms with E-state index in [1.165, 1.54) is 19.1 Å². The maximum atomic E-state index is 13.8. The summed E-state index contributed by atoms with van der Waals surface area (Å²) in [4.78, 5) is 24.5. The summed E-state index contributed by atoms with van der Waals surface area (Å²) in [5.41, 5.74) is 0.602. The smallest absolute Gasteiger partial charge is 0.344 e. The van der Waals surface area contributed by atoms with Crippen molar-refractivity contribution >= 4 is 33.5 Å². The SMILES string of the molecule is Cc1noc(C(C)C)c1C(=O)O[C@H](C)C(=O)Nc1ccc(Br)cc1F. The molecule has 134 valence electrons. The Morgan fingerprint density at radius 2 is 2.00 bits per heavy atom. The number of halogens is 2. The van der Waals surface area contributed by atoms with Gasteiger partial charge in [-0.15, -0.1) is 0 Å². The van der Waals surface area contributed by atoms with Crippen LogP contribution in [0.1, 0.15) is 48.5 Å². The Balaban J connectivity index is 2.08. The van der Waals surface area contributed by atoms with Gasteiger partial charge in [0.05, 0.1) is 11.4 Å². The predicted octanol–water partition coefficient (Wildman–Crippen LogP) is 4.19. The molecule has 8 heteroatoms. The Bertz CT molecular complexity index is 804. The molecule has 2 rings (SSSR count). The molecule has 2 aromatic rings. The number of ether oxygens (including phenoxy) is 1. The highest BCUT2D eigenvalue weighted by molar-refractivity contribution is 9.10. The average Bonchev–Trinajstić information content (AvgIpc) is 2.91. The van der Waals surface area contributed by atoms with Crippen molar-refractivity contribution in [1.29, 1.82) is 0 Å². The molecule has 0 aliphatic carbocycles. The summed E-state index contributed by atoms with van der Waals surface area (Å²) >= 11 is 3.13. The highest BCUT2D eigenvalue weighted by Gasteiger charge is 2.27. The average molecular weight is 413 g/mol. The third kappa shape index (κ3) is 4.45. The van der Waals surface area contributed by atoms with E-state index < -0.39 is 23.8 Å². The van der Waals surface area contributed by atoms with Crippen LogP contribution in [-0.2, 0) is 9.53 Å². The molecule has 0 aliphatic heterocycles. The molecule has 1 aromatic carbocycles. The Morgan fingerprint density at radius 3 is 2.60 bits per heavy atom. The van der Waals surface area contributed by atoms with Crippen molar-refractivity contribution in [2.75, 3.05) is 5.32 Å². The molecule has 1 amide bonds. The minimum absolute atomic E-state index is 0.000117. The van der Waals surface area contributed by atoms with E-state index in [2.05, 4.69) is 26.4 Å². The number of esters is 1. The molecule has 0 fully saturated rings. The zero-order chi connectivity index (χ0) is 18.7. The molecule has 0 aliphatic rings. The van der Waals surface area contributed by atoms with Gasteiger partial charge in [-0.3, -0.25) is 4.79 Å². The van der Waals surface area contributed by atoms with Crippen molar-refractivity contribution in [2.24, 2.45) is 0 Å². The Kier molecular flexibility index (Phi) is 5.94. The van der Waals surface area contributed by atoms with Crippen LogP contribution in [0.2, 0.25) is 0 Å². The lowest BCUT2D eigenvalue weighted by atomic mass is 10.1. The van der Waals surface area contributed by atoms with Crippen LogP contribution < -0.4 is 5.32 Å². The van der Waals surface area contributed by atoms with E-state index in [1.54, 1.807) is 13.0 Å². The largest absolute Gasteiger partial charge is 0.449 e. The van der Waals surface area contributed by atoms with Crippen LogP contribution in [0.15, 0.2) is 27.2 Å². The van der Waals surface area contributed by atoms with Gasteiger partial charge in [0.2, 0.25) is 0 Å². The van der Waals surface area contributed by atoms with Crippen LogP contribution in [-0.4, -0.2) is 23.1 Å². The van der Waals surface area contributed by atoms with Crippen LogP contribution in [0.5, 0.6) is 0 Å². The van der Waals surface area contributed by atoms with Crippen LogP contribution in [0.25, 0.3) is 0 Å². The molecule has 0 unspecified atom stereocenters. The second-order valence-corrected chi connectivity index (χ2v) is 6.74. The fourth-order valence-corrected chi connectivity index (χ4v) is 2.46. The van der Waals surface area contributed by atoms with Gasteiger partial charge in [0.15, 0.2) is 11.9 Å². The quantitative estimate of drug-likeness (QED) is 0.744. The van der Waals surface area contributed by atoms with Crippen LogP contribution in [0, 0.1) is 12.7 Å². The maximum absolute atomic E-state index is 13.8. The third-order valence-corrected chi connectivity index (χ3v) is 3.95. The summed E-state index contributed by atoms with van der Waals surface area (Å²) in [5, 5.41) is 6.16. The van der Waals surface area contributed by atoms with Crippen LogP contribution in [0.4, 0.5) is 10.1 Å². The minimum atomic E-state index is -1.12. The number of rotatable bonds is 5. The number of aromatic nitrogens is 1. The molecular formula is C17H18BrFN2O4. The molecule has 6 nitrogen and oxygen atoms in total. The molecule has 0 spiro atoms. The topological polar surface area (TPSA) is 81.4 Å². The number of aryl methyl sites for hydroxylation is 1. The van der Waals surface area contributed by atoms with Gasteiger partial charge in [-0.2, -0.15) is 0 Å². The van der Waals surface area contributed by atoms with Gasteiger partial charge in [0.1, 0.15) is 11.4 Å². The summed E-state index contributed by atoms with van der Waals surface area (Å²) in [7, 11) is 0. The molecule has 0 bridgehead atoms. The first-order chi connectivity index (χ1) is 11.7. The van der Waals surface area contributed by atoms with Crippen molar-refractivity contribution < 1.29 is 23.2 Å². The van der Waals surface area contributed by atoms with E-state index in [0.29, 0.717) is 15.9 Å². The van der Waals surface area contributed by atoms with E-state index in [4.69, 9.17) is 9.26 Å². The molecule has 0 saturated heterocycles. The monoisotopic (exact) mass is 412 g/mol. The van der Waals surface area contributed by atoms with Gasteiger partial charge in [-0.1, -0.05) is 34.9 Å². The van der Waals surface area contributed by atoms with Gasteiger partial charge in [-0.25, -0.2) is 9.18 Å². The molecule has 1 N–H and O–H groups in total. The molecule has 0 radical (unpaired) electrons. The van der Waals surface area contributed by atoms with Crippen molar-refractivity contribution in [3.63, 3.8) is 0 Å². The molecule has 0 saturated carbocycles. The number of carbonyl (C=O) groups is 2. The zero-order valence-electron chi connectivity index (χ0n) is 14.2. The summed E-state index contributed by atoms with van der Waals surface area (Å²) in [5.74, 6) is -1.62. The first-order valence-corrected chi connectivity index (χ1v) is 8.43. The summed E-state index contributed by atoms with van der Waals surface area (Å²) in [6.45, 7) is 6.72. The minimum Gasteiger partial charge on any atom is -0.449 e. The van der Waals surface area contributed by atoms with Crippen molar-refractivity contribution in [3.8, 4) is 0 Å². The summed E-state index contributed by atoms with van der Waals surface area (Å²) in [6, 6.07) is 4.22. The second kappa shape index (κ2) is 7.77. The number of anilines is 1. The highest BCUT2D eigenvalue weighted by Crippen LogP contribution is 2.24. The van der Waals surface area contributed by atoms with Gasteiger partial charge in [-0.05, 0) is 32.0 Å². The van der Waals surface area contributed by atoms with Gasteiger partial charge >= 0.3 is 5.97 Å². The number of nitrogens with zero attached hydrogens (tertiary/aromatic N) is 1. The Labute approximate surface area is 152 Å².